The molecule has 2 N–H and O–H groups in total. The first-order valence-electron chi connectivity index (χ1n) is 7.95. The number of benzene rings is 2. The number of nitrogens with one attached hydrogen (secondary N) is 1. The molecule has 1 aliphatic rings. The molecule has 1 amide bonds. The highest BCUT2D eigenvalue weighted by Gasteiger charge is 2.24. The van der Waals surface area contributed by atoms with Crippen molar-refractivity contribution in [2.45, 2.75) is 6.92 Å². The molecule has 134 valence electrons. The fourth-order valence-corrected chi connectivity index (χ4v) is 3.73. The van der Waals surface area contributed by atoms with Gasteiger partial charge in [-0.3, -0.25) is 4.79 Å². The van der Waals surface area contributed by atoms with Crippen LogP contribution in [0.3, 0.4) is 0 Å². The summed E-state index contributed by atoms with van der Waals surface area (Å²) in [6.07, 6.45) is 0. The maximum absolute atomic E-state index is 12.3. The molecule has 0 unspecified atom stereocenters. The van der Waals surface area contributed by atoms with Crippen molar-refractivity contribution in [3.63, 3.8) is 0 Å². The Kier molecular flexibility index (Phi) is 3.97. The molecule has 2 aromatic carbocycles. The molecule has 0 aliphatic carbocycles. The highest BCUT2D eigenvalue weighted by atomic mass is 32.1. The van der Waals surface area contributed by atoms with Crippen LogP contribution < -0.4 is 21.0 Å². The van der Waals surface area contributed by atoms with Gasteiger partial charge in [0.15, 0.2) is 5.13 Å². The van der Waals surface area contributed by atoms with Gasteiger partial charge in [-0.25, -0.2) is 4.99 Å². The second-order valence-electron chi connectivity index (χ2n) is 5.92. The van der Waals surface area contributed by atoms with Crippen LogP contribution in [0.25, 0.3) is 5.57 Å². The quantitative estimate of drug-likeness (QED) is 0.688. The highest BCUT2D eigenvalue weighted by Crippen LogP contribution is 2.35. The molecule has 3 aromatic rings. The van der Waals surface area contributed by atoms with E-state index in [0.717, 1.165) is 16.9 Å². The number of carboxylic acid groups (broad SMARTS) is 1. The van der Waals surface area contributed by atoms with Crippen molar-refractivity contribution in [1.82, 2.24) is 4.98 Å². The van der Waals surface area contributed by atoms with Crippen molar-refractivity contribution in [3.8, 4) is 5.88 Å². The summed E-state index contributed by atoms with van der Waals surface area (Å²) in [6, 6.07) is 11.6. The Hall–Kier alpha value is -3.52. The summed E-state index contributed by atoms with van der Waals surface area (Å²) in [5.41, 5.74) is 1.64. The Morgan fingerprint density at radius 3 is 2.78 bits per heavy atom. The Morgan fingerprint density at radius 1 is 1.22 bits per heavy atom. The average Bonchev–Trinajstić information content (AvgIpc) is 3.14. The summed E-state index contributed by atoms with van der Waals surface area (Å²) >= 11 is 1.09. The van der Waals surface area contributed by atoms with Crippen molar-refractivity contribution in [3.05, 3.63) is 69.0 Å². The van der Waals surface area contributed by atoms with Gasteiger partial charge in [-0.2, -0.15) is 4.98 Å². The number of nitrogens with zero attached hydrogens (tertiary/aromatic N) is 2. The number of aromatic nitrogens is 1. The van der Waals surface area contributed by atoms with Crippen LogP contribution in [0, 0.1) is 6.92 Å². The van der Waals surface area contributed by atoms with Gasteiger partial charge in [0, 0.05) is 10.9 Å². The molecular formula is C19H12N3O4S-. The second-order valence-corrected chi connectivity index (χ2v) is 6.92. The van der Waals surface area contributed by atoms with E-state index in [0.29, 0.717) is 31.8 Å². The van der Waals surface area contributed by atoms with Gasteiger partial charge in [0.1, 0.15) is 4.88 Å². The molecule has 0 bridgehead atoms. The molecule has 27 heavy (non-hydrogen) atoms. The Balaban J connectivity index is 1.76. The van der Waals surface area contributed by atoms with Crippen LogP contribution in [0.1, 0.15) is 20.8 Å². The van der Waals surface area contributed by atoms with E-state index in [1.807, 2.05) is 0 Å². The van der Waals surface area contributed by atoms with Gasteiger partial charge in [-0.15, -0.1) is 0 Å². The normalized spacial score (nSPS) is 12.6. The smallest absolute Gasteiger partial charge is 0.279 e. The minimum Gasteiger partial charge on any atom is -0.545 e. The summed E-state index contributed by atoms with van der Waals surface area (Å²) < 4.78 is 0. The summed E-state index contributed by atoms with van der Waals surface area (Å²) in [4.78, 5) is 31.7. The standard InChI is InChI=1S/C19H13N3O4S/c1-9-6-7-10(18(25)26)8-13(9)21-19-22-17(24)15(27-19)14-11-4-2-3-5-12(11)20-16(14)23/h2-8,24H,1H3,(H,21,22)(H,25,26)/p-1. The van der Waals surface area contributed by atoms with Crippen LogP contribution in [0.4, 0.5) is 10.8 Å². The lowest BCUT2D eigenvalue weighted by atomic mass is 10.1. The number of fused-ring (bicyclic) bond motifs is 1. The number of aryl methyl sites for hydroxylation is 1. The van der Waals surface area contributed by atoms with E-state index >= 15 is 0 Å². The van der Waals surface area contributed by atoms with E-state index in [1.54, 1.807) is 37.3 Å². The number of hydrogen-bond acceptors (Lipinski definition) is 7. The van der Waals surface area contributed by atoms with Crippen LogP contribution >= 0.6 is 11.3 Å². The van der Waals surface area contributed by atoms with Crippen molar-refractivity contribution in [2.75, 3.05) is 5.32 Å². The predicted octanol–water partition coefficient (Wildman–Crippen LogP) is 0.623. The van der Waals surface area contributed by atoms with Gasteiger partial charge in [0.25, 0.3) is 5.91 Å². The van der Waals surface area contributed by atoms with Gasteiger partial charge in [-0.05, 0) is 30.2 Å². The van der Waals surface area contributed by atoms with Crippen LogP contribution in [0.15, 0.2) is 47.5 Å². The van der Waals surface area contributed by atoms with Gasteiger partial charge in [0.05, 0.1) is 16.9 Å². The maximum Gasteiger partial charge on any atom is 0.279 e. The van der Waals surface area contributed by atoms with Crippen LogP contribution in [-0.2, 0) is 4.79 Å². The molecule has 0 radical (unpaired) electrons. The Bertz CT molecular complexity index is 1230. The number of hydrogen-bond donors (Lipinski definition) is 2. The molecule has 4 rings (SSSR count). The minimum atomic E-state index is -1.29. The molecule has 0 saturated heterocycles. The highest BCUT2D eigenvalue weighted by molar-refractivity contribution is 7.17. The molecular weight excluding hydrogens is 366 g/mol. The zero-order chi connectivity index (χ0) is 19.1. The molecule has 0 saturated carbocycles. The van der Waals surface area contributed by atoms with E-state index in [-0.39, 0.29) is 11.4 Å². The number of amides is 1. The van der Waals surface area contributed by atoms with Crippen molar-refractivity contribution in [1.29, 1.82) is 0 Å². The van der Waals surface area contributed by atoms with Gasteiger partial charge in [0.2, 0.25) is 5.88 Å². The number of carbonyl (C=O) groups is 2. The molecule has 0 fully saturated rings. The zero-order valence-corrected chi connectivity index (χ0v) is 14.8. The number of anilines is 2. The fourth-order valence-electron chi connectivity index (χ4n) is 2.81. The minimum absolute atomic E-state index is 0.0252. The Labute approximate surface area is 157 Å². The van der Waals surface area contributed by atoms with E-state index in [1.165, 1.54) is 12.1 Å². The summed E-state index contributed by atoms with van der Waals surface area (Å²) in [5, 5.41) is 25.8. The third-order valence-corrected chi connectivity index (χ3v) is 5.14. The Morgan fingerprint density at radius 2 is 2.00 bits per heavy atom. The van der Waals surface area contributed by atoms with E-state index in [2.05, 4.69) is 15.3 Å². The van der Waals surface area contributed by atoms with Crippen molar-refractivity contribution < 1.29 is 19.8 Å². The average molecular weight is 378 g/mol. The number of thiazole rings is 1. The van der Waals surface area contributed by atoms with Gasteiger partial charge in [-0.1, -0.05) is 41.7 Å². The van der Waals surface area contributed by atoms with Crippen molar-refractivity contribution >= 4 is 39.6 Å². The predicted molar refractivity (Wildman–Crippen MR) is 97.3 cm³/mol. The first-order chi connectivity index (χ1) is 12.9. The maximum atomic E-state index is 12.3. The molecule has 7 nitrogen and oxygen atoms in total. The molecule has 2 heterocycles. The topological polar surface area (TPSA) is 115 Å². The molecule has 8 heteroatoms. The lowest BCUT2D eigenvalue weighted by Crippen LogP contribution is -2.22. The SMILES string of the molecule is Cc1ccc(C(=O)[O-])cc1Nc1nc(O)c(C2=c3ccccc3=NC2=O)s1. The summed E-state index contributed by atoms with van der Waals surface area (Å²) in [6.45, 7) is 1.81. The summed E-state index contributed by atoms with van der Waals surface area (Å²) in [5.74, 6) is -2.01. The number of aromatic carboxylic acids is 1. The van der Waals surface area contributed by atoms with Crippen molar-refractivity contribution in [2.24, 2.45) is 4.99 Å². The molecule has 1 aliphatic heterocycles. The summed E-state index contributed by atoms with van der Waals surface area (Å²) in [7, 11) is 0. The molecule has 0 spiro atoms. The number of aromatic hydroxyl groups is 1. The number of para-hydroxylation sites is 1. The van der Waals surface area contributed by atoms with Gasteiger partial charge < -0.3 is 20.3 Å². The molecule has 1 aromatic heterocycles. The number of carboxylic acids is 1. The lowest BCUT2D eigenvalue weighted by Gasteiger charge is -2.10. The first kappa shape index (κ1) is 16.9. The van der Waals surface area contributed by atoms with Crippen LogP contribution in [0.5, 0.6) is 5.88 Å². The van der Waals surface area contributed by atoms with Gasteiger partial charge >= 0.3 is 0 Å². The first-order valence-corrected chi connectivity index (χ1v) is 8.77. The monoisotopic (exact) mass is 378 g/mol. The zero-order valence-electron chi connectivity index (χ0n) is 14.0. The third kappa shape index (κ3) is 2.96. The lowest BCUT2D eigenvalue weighted by molar-refractivity contribution is -0.255. The van der Waals surface area contributed by atoms with E-state index in [4.69, 9.17) is 0 Å². The van der Waals surface area contributed by atoms with E-state index < -0.39 is 11.9 Å². The fraction of sp³-hybridized carbons (Fsp3) is 0.0526. The second kappa shape index (κ2) is 6.33. The van der Waals surface area contributed by atoms with E-state index in [9.17, 15) is 19.8 Å². The largest absolute Gasteiger partial charge is 0.545 e. The van der Waals surface area contributed by atoms with Crippen LogP contribution in [-0.4, -0.2) is 22.0 Å². The number of rotatable bonds is 4. The number of carbonyl (C=O) groups excluding carboxylic acids is 2. The molecule has 0 atom stereocenters. The third-order valence-electron chi connectivity index (χ3n) is 4.16. The van der Waals surface area contributed by atoms with Crippen LogP contribution in [0.2, 0.25) is 0 Å².